The minimum Gasteiger partial charge on any atom is -0.507 e. The van der Waals surface area contributed by atoms with Gasteiger partial charge in [-0.05, 0) is 127 Å². The van der Waals surface area contributed by atoms with Gasteiger partial charge in [0, 0.05) is 48.0 Å². The Morgan fingerprint density at radius 1 is 0.450 bits per heavy atom. The summed E-state index contributed by atoms with van der Waals surface area (Å²) in [6.45, 7) is 34.0. The zero-order valence-corrected chi connectivity index (χ0v) is 62.7. The van der Waals surface area contributed by atoms with Gasteiger partial charge in [0.2, 0.25) is 23.6 Å². The van der Waals surface area contributed by atoms with E-state index in [0.717, 1.165) is 55.6 Å². The second kappa shape index (κ2) is 28.1. The van der Waals surface area contributed by atoms with Gasteiger partial charge in [-0.3, -0.25) is 19.2 Å². The van der Waals surface area contributed by atoms with Crippen molar-refractivity contribution in [3.63, 3.8) is 0 Å². The number of benzene rings is 6. The Bertz CT molecular complexity index is 3780. The molecule has 0 spiro atoms. The highest BCUT2D eigenvalue weighted by Crippen LogP contribution is 2.53. The van der Waals surface area contributed by atoms with E-state index >= 15 is 0 Å². The molecular formula is C82H100N4O12S2. The van der Waals surface area contributed by atoms with Gasteiger partial charge in [-0.2, -0.15) is 0 Å². The van der Waals surface area contributed by atoms with Crippen molar-refractivity contribution in [3.05, 3.63) is 187 Å². The van der Waals surface area contributed by atoms with E-state index in [4.69, 9.17) is 18.9 Å². The van der Waals surface area contributed by atoms with Gasteiger partial charge in [-0.25, -0.2) is 9.59 Å². The molecule has 5 aliphatic rings. The largest absolute Gasteiger partial charge is 0.507 e. The molecule has 16 nitrogen and oxygen atoms in total. The van der Waals surface area contributed by atoms with Gasteiger partial charge >= 0.3 is 11.9 Å². The molecule has 6 aromatic rings. The summed E-state index contributed by atoms with van der Waals surface area (Å²) in [5, 5.41) is 31.0. The number of ether oxygens (including phenoxy) is 4. The van der Waals surface area contributed by atoms with Crippen LogP contribution < -0.4 is 20.1 Å². The number of rotatable bonds is 18. The average Bonchev–Trinajstić information content (AvgIpc) is 1.56. The highest BCUT2D eigenvalue weighted by atomic mass is 32.2. The van der Waals surface area contributed by atoms with Gasteiger partial charge in [-0.15, -0.1) is 23.5 Å². The summed E-state index contributed by atoms with van der Waals surface area (Å²) in [6.07, 6.45) is 2.02. The third kappa shape index (κ3) is 15.6. The first-order chi connectivity index (χ1) is 46.9. The molecule has 6 aromatic carbocycles. The topological polar surface area (TPSA) is 210 Å². The van der Waals surface area contributed by atoms with E-state index in [2.05, 4.69) is 142 Å². The lowest BCUT2D eigenvalue weighted by molar-refractivity contribution is -0.164. The molecule has 6 unspecified atom stereocenters. The second-order valence-electron chi connectivity index (χ2n) is 32.9. The number of hydrogen-bond acceptors (Lipinski definition) is 14. The highest BCUT2D eigenvalue weighted by molar-refractivity contribution is 8.02. The lowest BCUT2D eigenvalue weighted by Crippen LogP contribution is -2.70. The van der Waals surface area contributed by atoms with Gasteiger partial charge in [0.1, 0.15) is 57.9 Å². The first-order valence-electron chi connectivity index (χ1n) is 35.2. The second-order valence-corrected chi connectivity index (χ2v) is 36.5. The van der Waals surface area contributed by atoms with Crippen LogP contribution in [0.25, 0.3) is 0 Å². The molecule has 11 rings (SSSR count). The minimum atomic E-state index is -0.861. The van der Waals surface area contributed by atoms with Crippen LogP contribution in [0.4, 0.5) is 0 Å². The normalized spacial score (nSPS) is 20.7. The van der Waals surface area contributed by atoms with Crippen molar-refractivity contribution in [2.75, 3.05) is 26.4 Å². The van der Waals surface area contributed by atoms with E-state index in [1.165, 1.54) is 23.5 Å². The lowest BCUT2D eigenvalue weighted by Gasteiger charge is -2.44. The highest BCUT2D eigenvalue weighted by Gasteiger charge is 2.66. The van der Waals surface area contributed by atoms with Crippen LogP contribution in [0.2, 0.25) is 0 Å². The van der Waals surface area contributed by atoms with Crippen molar-refractivity contribution in [1.82, 2.24) is 20.4 Å². The standard InChI is InChI=1S/C82H100N4O12S2/c1-77(2,3)57-39-49-35-53-43-59(79(7,8)9)45-55(67(53)95-29-23-31-97-75(93)69-81(13,14)99-73-63(71(91)85(69)73)83-61(87)33-47-25-19-17-20-26-47)37-51-41-58(78(4,5)6)42-52(66(51)90)38-56-46-60(80(10,11)12)44-54(36-50(40-57)65(49)89)68(56)96-30-24-32-98-76(94)70-82(15,16)100-74-64(72(92)86(70)74)84-62(88)34-48-27-21-18-22-28-48/h17-22,25-28,39-46,63-64,69-70,73-74,89-90H,23-24,29-38H2,1-16H3,(H,83,87)(H,84,88). The molecule has 1 aliphatic carbocycles. The Morgan fingerprint density at radius 2 is 0.730 bits per heavy atom. The Labute approximate surface area is 598 Å². The van der Waals surface area contributed by atoms with Crippen molar-refractivity contribution in [2.45, 2.75) is 228 Å². The van der Waals surface area contributed by atoms with Crippen molar-refractivity contribution in [2.24, 2.45) is 0 Å². The number of amides is 4. The van der Waals surface area contributed by atoms with E-state index < -0.39 is 56.3 Å². The smallest absolute Gasteiger partial charge is 0.330 e. The predicted molar refractivity (Wildman–Crippen MR) is 394 cm³/mol. The number of thioether (sulfide) groups is 2. The van der Waals surface area contributed by atoms with E-state index in [1.807, 2.05) is 88.4 Å². The minimum absolute atomic E-state index is 0.0119. The molecular weight excluding hydrogens is 1300 g/mol. The SMILES string of the molecule is CC(C)(C)c1cc2c(O)c(c1)Cc1cc(C(C)(C)C)cc(c1OCCCOC(=O)C1N3C(=O)C(NC(=O)Cc4ccccc4)C3SC1(C)C)Cc1cc(C(C)(C)C)cc(c1O)Cc1cc(C(C)(C)C)cc(c1OCCCOC(=O)C1N3C(=O)C(NC(=O)Cc4ccccc4)C3SC1(C)C)C2. The van der Waals surface area contributed by atoms with Crippen LogP contribution in [0, 0.1) is 0 Å². The number of nitrogens with zero attached hydrogens (tertiary/aromatic N) is 2. The summed E-state index contributed by atoms with van der Waals surface area (Å²) in [5.74, 6) is -0.685. The maximum absolute atomic E-state index is 14.2. The number of phenolic OH excluding ortho intramolecular Hbond substituents is 2. The van der Waals surface area contributed by atoms with E-state index in [-0.39, 0.29) is 122 Å². The average molecular weight is 1400 g/mol. The van der Waals surface area contributed by atoms with Crippen LogP contribution in [-0.4, -0.2) is 126 Å². The maximum Gasteiger partial charge on any atom is 0.330 e. The fraction of sp³-hybridized carbons (Fsp3) is 0.488. The Morgan fingerprint density at radius 3 is 1.01 bits per heavy atom. The Hall–Kier alpha value is -7.96. The molecule has 100 heavy (non-hydrogen) atoms. The van der Waals surface area contributed by atoms with Crippen molar-refractivity contribution < 1.29 is 57.9 Å². The van der Waals surface area contributed by atoms with Gasteiger partial charge in [0.15, 0.2) is 0 Å². The lowest BCUT2D eigenvalue weighted by atomic mass is 9.79. The predicted octanol–water partition coefficient (Wildman–Crippen LogP) is 13.2. The summed E-state index contributed by atoms with van der Waals surface area (Å²) in [5.41, 5.74) is 10.6. The Balaban J connectivity index is 0.872. The van der Waals surface area contributed by atoms with Crippen LogP contribution in [-0.2, 0) is 98.4 Å². The molecule has 0 aromatic heterocycles. The monoisotopic (exact) mass is 1400 g/mol. The first-order valence-corrected chi connectivity index (χ1v) is 36.9. The molecule has 4 saturated heterocycles. The van der Waals surface area contributed by atoms with Crippen LogP contribution in [0.1, 0.15) is 202 Å². The third-order valence-corrected chi connectivity index (χ3v) is 23.1. The maximum atomic E-state index is 14.2. The number of fused-ring (bicyclic) bond motifs is 10. The molecule has 6 atom stereocenters. The van der Waals surface area contributed by atoms with Crippen molar-refractivity contribution in [3.8, 4) is 23.0 Å². The van der Waals surface area contributed by atoms with Gasteiger partial charge < -0.3 is 49.6 Å². The molecule has 4 N–H and O–H groups in total. The number of hydrogen-bond donors (Lipinski definition) is 4. The first kappa shape index (κ1) is 73.3. The molecule has 4 amide bonds. The van der Waals surface area contributed by atoms with E-state index in [0.29, 0.717) is 46.6 Å². The number of β-lactam (4-membered cyclic amide) rings is 2. The summed E-state index contributed by atoms with van der Waals surface area (Å²) in [7, 11) is 0. The molecule has 0 saturated carbocycles. The zero-order chi connectivity index (χ0) is 72.3. The van der Waals surface area contributed by atoms with E-state index in [9.17, 15) is 39.0 Å². The fourth-order valence-electron chi connectivity index (χ4n) is 14.3. The molecule has 8 bridgehead atoms. The van der Waals surface area contributed by atoms with Crippen molar-refractivity contribution in [1.29, 1.82) is 0 Å². The zero-order valence-electron chi connectivity index (χ0n) is 61.0. The summed E-state index contributed by atoms with van der Waals surface area (Å²) >= 11 is 2.96. The molecule has 4 aliphatic heterocycles. The molecule has 532 valence electrons. The quantitative estimate of drug-likeness (QED) is 0.0358. The number of nitrogens with one attached hydrogen (secondary N) is 2. The molecule has 4 heterocycles. The molecule has 18 heteroatoms. The number of aromatic hydroxyl groups is 2. The summed E-state index contributed by atoms with van der Waals surface area (Å²) in [4.78, 5) is 85.0. The number of carbonyl (C=O) groups is 6. The van der Waals surface area contributed by atoms with Crippen LogP contribution in [0.5, 0.6) is 23.0 Å². The summed E-state index contributed by atoms with van der Waals surface area (Å²) in [6, 6.07) is 32.5. The number of phenols is 2. The van der Waals surface area contributed by atoms with Crippen LogP contribution in [0.15, 0.2) is 109 Å². The van der Waals surface area contributed by atoms with Crippen molar-refractivity contribution >= 4 is 59.1 Å². The molecule has 0 radical (unpaired) electrons. The van der Waals surface area contributed by atoms with Crippen LogP contribution >= 0.6 is 23.5 Å². The van der Waals surface area contributed by atoms with Crippen LogP contribution in [0.3, 0.4) is 0 Å². The van der Waals surface area contributed by atoms with Gasteiger partial charge in [0.05, 0.1) is 39.3 Å². The fourth-order valence-corrected chi connectivity index (χ4v) is 17.5. The third-order valence-electron chi connectivity index (χ3n) is 19.9. The van der Waals surface area contributed by atoms with Gasteiger partial charge in [0.25, 0.3) is 0 Å². The summed E-state index contributed by atoms with van der Waals surface area (Å²) < 4.78 is 24.7. The van der Waals surface area contributed by atoms with E-state index in [1.54, 1.807) is 9.80 Å². The van der Waals surface area contributed by atoms with Gasteiger partial charge in [-0.1, -0.05) is 192 Å². The number of carbonyl (C=O) groups excluding carboxylic acids is 6. The Kier molecular flexibility index (Phi) is 20.6. The molecule has 4 fully saturated rings. The number of esters is 2.